The fraction of sp³-hybridized carbons (Fsp3) is 0.250. The normalized spacial score (nSPS) is 7.67. The number of carbonyl (C=O) groups excluding carboxylic acids is 1. The third kappa shape index (κ3) is 2.74. The number of carbonyl (C=O) groups is 1. The summed E-state index contributed by atoms with van der Waals surface area (Å²) in [7, 11) is 0. The van der Waals surface area contributed by atoms with Crippen molar-refractivity contribution in [3.63, 3.8) is 0 Å². The van der Waals surface area contributed by atoms with Crippen molar-refractivity contribution in [1.82, 2.24) is 5.32 Å². The highest BCUT2D eigenvalue weighted by Crippen LogP contribution is 1.80. The third-order valence-corrected chi connectivity index (χ3v) is 0.693. The molecule has 0 aromatic rings. The zero-order valence-electron chi connectivity index (χ0n) is 4.35. The first-order chi connectivity index (χ1) is 4.22. The largest absolute Gasteiger partial charge is 0.476 e. The molecule has 0 unspecified atom stereocenters. The molecule has 0 bridgehead atoms. The number of nitrogens with one attached hydrogen (secondary N) is 1. The predicted octanol–water partition coefficient (Wildman–Crippen LogP) is -0.428. The minimum atomic E-state index is -1.36. The number of carboxylic acid groups (broad SMARTS) is 1. The Labute approximate surface area is 56.1 Å². The van der Waals surface area contributed by atoms with E-state index in [-0.39, 0.29) is 6.00 Å². The van der Waals surface area contributed by atoms with E-state index in [1.807, 2.05) is 0 Å². The average molecular weight is 150 g/mol. The summed E-state index contributed by atoms with van der Waals surface area (Å²) in [6.07, 6.45) is 0. The van der Waals surface area contributed by atoms with Crippen LogP contribution in [-0.4, -0.2) is 23.0 Å². The SMILES string of the molecule is O=C=C(NCCl)C(=O)O. The van der Waals surface area contributed by atoms with Crippen LogP contribution in [0.3, 0.4) is 0 Å². The zero-order valence-corrected chi connectivity index (χ0v) is 5.10. The minimum Gasteiger partial charge on any atom is -0.476 e. The quantitative estimate of drug-likeness (QED) is 0.247. The second-order valence-electron chi connectivity index (χ2n) is 1.09. The van der Waals surface area contributed by atoms with E-state index in [4.69, 9.17) is 16.7 Å². The first-order valence-electron chi connectivity index (χ1n) is 2.00. The maximum Gasteiger partial charge on any atom is 0.363 e. The van der Waals surface area contributed by atoms with E-state index >= 15 is 0 Å². The number of hydrogen-bond acceptors (Lipinski definition) is 3. The highest BCUT2D eigenvalue weighted by Gasteiger charge is 2.04. The lowest BCUT2D eigenvalue weighted by Gasteiger charge is -1.93. The molecule has 50 valence electrons. The van der Waals surface area contributed by atoms with Gasteiger partial charge in [0.2, 0.25) is 5.70 Å². The topological polar surface area (TPSA) is 66.4 Å². The lowest BCUT2D eigenvalue weighted by molar-refractivity contribution is -0.132. The van der Waals surface area contributed by atoms with Gasteiger partial charge in [0.1, 0.15) is 0 Å². The van der Waals surface area contributed by atoms with Crippen molar-refractivity contribution in [2.75, 3.05) is 6.00 Å². The zero-order chi connectivity index (χ0) is 7.28. The Morgan fingerprint density at radius 3 is 2.44 bits per heavy atom. The smallest absolute Gasteiger partial charge is 0.363 e. The molecule has 0 saturated heterocycles. The van der Waals surface area contributed by atoms with E-state index in [0.29, 0.717) is 0 Å². The first-order valence-corrected chi connectivity index (χ1v) is 2.54. The summed E-state index contributed by atoms with van der Waals surface area (Å²) in [5.74, 6) is -0.182. The summed E-state index contributed by atoms with van der Waals surface area (Å²) in [6.45, 7) is 0. The summed E-state index contributed by atoms with van der Waals surface area (Å²) in [6, 6.07) is -0.114. The van der Waals surface area contributed by atoms with Crippen molar-refractivity contribution in [2.24, 2.45) is 0 Å². The molecule has 0 aliphatic rings. The van der Waals surface area contributed by atoms with Crippen LogP contribution in [0.5, 0.6) is 0 Å². The van der Waals surface area contributed by atoms with Gasteiger partial charge in [0.15, 0.2) is 5.94 Å². The number of alkyl halides is 1. The highest BCUT2D eigenvalue weighted by atomic mass is 35.5. The van der Waals surface area contributed by atoms with Crippen molar-refractivity contribution in [3.8, 4) is 0 Å². The summed E-state index contributed by atoms with van der Waals surface area (Å²) < 4.78 is 0. The molecule has 0 aliphatic carbocycles. The van der Waals surface area contributed by atoms with Gasteiger partial charge in [0.05, 0.1) is 6.00 Å². The molecule has 2 N–H and O–H groups in total. The van der Waals surface area contributed by atoms with Gasteiger partial charge in [-0.2, -0.15) is 0 Å². The molecular weight excluding hydrogens is 146 g/mol. The average Bonchev–Trinajstić information content (AvgIpc) is 1.82. The highest BCUT2D eigenvalue weighted by molar-refractivity contribution is 6.18. The second kappa shape index (κ2) is 3.95. The molecule has 0 spiro atoms. The van der Waals surface area contributed by atoms with E-state index in [0.717, 1.165) is 0 Å². The molecular formula is C4H4ClNO3. The number of carboxylic acids is 1. The first kappa shape index (κ1) is 8.01. The fourth-order valence-corrected chi connectivity index (χ4v) is 0.356. The van der Waals surface area contributed by atoms with Crippen LogP contribution in [-0.2, 0) is 9.59 Å². The van der Waals surface area contributed by atoms with Crippen LogP contribution in [0.15, 0.2) is 5.70 Å². The molecule has 0 fully saturated rings. The molecule has 0 aromatic heterocycles. The van der Waals surface area contributed by atoms with Crippen molar-refractivity contribution < 1.29 is 14.7 Å². The van der Waals surface area contributed by atoms with Crippen molar-refractivity contribution >= 4 is 23.5 Å². The Morgan fingerprint density at radius 2 is 2.33 bits per heavy atom. The maximum atomic E-state index is 9.90. The lowest BCUT2D eigenvalue weighted by Crippen LogP contribution is -2.18. The standard InChI is InChI=1S/C4H4ClNO3/c5-2-6-3(1-7)4(8)9/h6H,2H2,(H,8,9). The Kier molecular flexibility index (Phi) is 3.51. The molecule has 5 heteroatoms. The van der Waals surface area contributed by atoms with Crippen LogP contribution in [0.4, 0.5) is 0 Å². The van der Waals surface area contributed by atoms with Crippen LogP contribution in [0, 0.1) is 0 Å². The van der Waals surface area contributed by atoms with Crippen LogP contribution >= 0.6 is 11.6 Å². The summed E-state index contributed by atoms with van der Waals surface area (Å²) in [5, 5.41) is 10.2. The molecule has 0 heterocycles. The van der Waals surface area contributed by atoms with Gasteiger partial charge in [-0.25, -0.2) is 9.59 Å². The van der Waals surface area contributed by atoms with Gasteiger partial charge in [-0.3, -0.25) is 0 Å². The molecule has 0 rings (SSSR count). The third-order valence-electron chi connectivity index (χ3n) is 0.560. The Hall–Kier alpha value is -0.990. The summed E-state index contributed by atoms with van der Waals surface area (Å²) in [5.41, 5.74) is -0.551. The number of halogens is 1. The van der Waals surface area contributed by atoms with Gasteiger partial charge in [-0.05, 0) is 0 Å². The molecule has 0 amide bonds. The summed E-state index contributed by atoms with van der Waals surface area (Å²) >= 11 is 5.04. The van der Waals surface area contributed by atoms with Crippen LogP contribution in [0.1, 0.15) is 0 Å². The molecule has 9 heavy (non-hydrogen) atoms. The predicted molar refractivity (Wildman–Crippen MR) is 30.7 cm³/mol. The van der Waals surface area contributed by atoms with Crippen LogP contribution in [0.2, 0.25) is 0 Å². The Balaban J connectivity index is 4.02. The van der Waals surface area contributed by atoms with Gasteiger partial charge in [-0.1, -0.05) is 0 Å². The Morgan fingerprint density at radius 1 is 1.78 bits per heavy atom. The van der Waals surface area contributed by atoms with Gasteiger partial charge < -0.3 is 10.4 Å². The van der Waals surface area contributed by atoms with Crippen molar-refractivity contribution in [3.05, 3.63) is 5.70 Å². The monoisotopic (exact) mass is 149 g/mol. The van der Waals surface area contributed by atoms with Crippen LogP contribution in [0.25, 0.3) is 0 Å². The number of rotatable bonds is 3. The van der Waals surface area contributed by atoms with Crippen molar-refractivity contribution in [2.45, 2.75) is 0 Å². The molecule has 0 saturated carbocycles. The number of hydrogen-bond donors (Lipinski definition) is 2. The minimum absolute atomic E-state index is 0.114. The van der Waals surface area contributed by atoms with E-state index < -0.39 is 11.7 Å². The molecule has 0 aromatic carbocycles. The lowest BCUT2D eigenvalue weighted by atomic mass is 10.5. The second-order valence-corrected chi connectivity index (χ2v) is 1.36. The van der Waals surface area contributed by atoms with Gasteiger partial charge in [0, 0.05) is 0 Å². The maximum absolute atomic E-state index is 9.90. The molecule has 0 aliphatic heterocycles. The van der Waals surface area contributed by atoms with Gasteiger partial charge in [0.25, 0.3) is 0 Å². The van der Waals surface area contributed by atoms with Crippen LogP contribution < -0.4 is 5.32 Å². The van der Waals surface area contributed by atoms with E-state index in [1.165, 1.54) is 5.94 Å². The molecule has 0 radical (unpaired) electrons. The van der Waals surface area contributed by atoms with Gasteiger partial charge in [-0.15, -0.1) is 11.6 Å². The summed E-state index contributed by atoms with van der Waals surface area (Å²) in [4.78, 5) is 19.6. The Bertz CT molecular complexity index is 161. The van der Waals surface area contributed by atoms with E-state index in [9.17, 15) is 9.59 Å². The number of aliphatic carboxylic acids is 1. The van der Waals surface area contributed by atoms with E-state index in [1.54, 1.807) is 0 Å². The molecule has 0 atom stereocenters. The van der Waals surface area contributed by atoms with Crippen molar-refractivity contribution in [1.29, 1.82) is 0 Å². The molecule has 4 nitrogen and oxygen atoms in total. The van der Waals surface area contributed by atoms with E-state index in [2.05, 4.69) is 5.32 Å². The fourth-order valence-electron chi connectivity index (χ4n) is 0.222. The van der Waals surface area contributed by atoms with Gasteiger partial charge >= 0.3 is 5.97 Å².